The Kier molecular flexibility index (Phi) is 7.83. The van der Waals surface area contributed by atoms with Gasteiger partial charge in [-0.3, -0.25) is 4.79 Å². The van der Waals surface area contributed by atoms with E-state index in [0.29, 0.717) is 32.0 Å². The lowest BCUT2D eigenvalue weighted by atomic mass is 10.1. The second-order valence-electron chi connectivity index (χ2n) is 7.28. The molecule has 2 heterocycles. The van der Waals surface area contributed by atoms with Gasteiger partial charge in [-0.25, -0.2) is 4.98 Å². The third-order valence-corrected chi connectivity index (χ3v) is 5.41. The topological polar surface area (TPSA) is 63.7 Å². The first-order valence-electron chi connectivity index (χ1n) is 9.99. The molecule has 3 rings (SSSR count). The highest BCUT2D eigenvalue weighted by Crippen LogP contribution is 2.35. The number of nitrogens with zero attached hydrogens (tertiary/aromatic N) is 2. The first kappa shape index (κ1) is 24.8. The smallest absolute Gasteiger partial charge is 0.417 e. The lowest BCUT2D eigenvalue weighted by molar-refractivity contribution is -0.137. The molecule has 1 amide bonds. The van der Waals surface area contributed by atoms with E-state index in [4.69, 9.17) is 16.3 Å². The fourth-order valence-corrected chi connectivity index (χ4v) is 3.87. The maximum Gasteiger partial charge on any atom is 0.417 e. The Hall–Kier alpha value is -2.82. The van der Waals surface area contributed by atoms with Crippen molar-refractivity contribution >= 4 is 23.3 Å². The summed E-state index contributed by atoms with van der Waals surface area (Å²) in [6, 6.07) is 4.66. The van der Waals surface area contributed by atoms with Gasteiger partial charge in [0.05, 0.1) is 17.7 Å². The predicted molar refractivity (Wildman–Crippen MR) is 111 cm³/mol. The number of pyridine rings is 1. The summed E-state index contributed by atoms with van der Waals surface area (Å²) in [7, 11) is 1.33. The van der Waals surface area contributed by atoms with E-state index in [2.05, 4.69) is 15.0 Å². The molecule has 1 aliphatic rings. The SMILES string of the molecule is COc1cc(CCNC(=O)C2CCCN2c2ncc(C(F)(F)F)cc2Cl)ccc1OC(F)F. The molecule has 6 nitrogen and oxygen atoms in total. The molecule has 0 radical (unpaired) electrons. The summed E-state index contributed by atoms with van der Waals surface area (Å²) in [4.78, 5) is 18.2. The van der Waals surface area contributed by atoms with Crippen LogP contribution in [-0.2, 0) is 17.4 Å². The first-order chi connectivity index (χ1) is 15.6. The second-order valence-corrected chi connectivity index (χ2v) is 7.69. The summed E-state index contributed by atoms with van der Waals surface area (Å²) >= 11 is 6.04. The van der Waals surface area contributed by atoms with Crippen LogP contribution in [0.5, 0.6) is 11.5 Å². The Balaban J connectivity index is 1.61. The standard InChI is InChI=1S/C21H21ClF5N3O3/c1-32-17-9-12(4-5-16(17)33-20(23)24)6-7-28-19(31)15-3-2-8-30(15)18-14(22)10-13(11-29-18)21(25,26)27/h4-5,9-11,15,20H,2-3,6-8H2,1H3,(H,28,31). The van der Waals surface area contributed by atoms with E-state index in [0.717, 1.165) is 11.6 Å². The van der Waals surface area contributed by atoms with Gasteiger partial charge in [0.25, 0.3) is 0 Å². The Bertz CT molecular complexity index is 990. The second kappa shape index (κ2) is 10.4. The van der Waals surface area contributed by atoms with Crippen LogP contribution in [0.3, 0.4) is 0 Å². The van der Waals surface area contributed by atoms with Crippen molar-refractivity contribution in [3.05, 3.63) is 46.6 Å². The highest BCUT2D eigenvalue weighted by Gasteiger charge is 2.35. The average Bonchev–Trinajstić information content (AvgIpc) is 3.23. The number of aromatic nitrogens is 1. The molecular weight excluding hydrogens is 473 g/mol. The molecule has 12 heteroatoms. The zero-order valence-corrected chi connectivity index (χ0v) is 18.2. The lowest BCUT2D eigenvalue weighted by Crippen LogP contribution is -2.44. The van der Waals surface area contributed by atoms with Crippen LogP contribution in [0.4, 0.5) is 27.8 Å². The maximum atomic E-state index is 12.9. The number of alkyl halides is 5. The first-order valence-corrected chi connectivity index (χ1v) is 10.4. The van der Waals surface area contributed by atoms with E-state index >= 15 is 0 Å². The Morgan fingerprint density at radius 1 is 1.30 bits per heavy atom. The minimum Gasteiger partial charge on any atom is -0.493 e. The minimum atomic E-state index is -4.57. The van der Waals surface area contributed by atoms with E-state index in [1.54, 1.807) is 11.0 Å². The molecule has 1 aliphatic heterocycles. The van der Waals surface area contributed by atoms with E-state index < -0.39 is 24.4 Å². The minimum absolute atomic E-state index is 0.0946. The Morgan fingerprint density at radius 2 is 2.06 bits per heavy atom. The molecule has 1 fully saturated rings. The number of halogens is 6. The number of hydrogen-bond donors (Lipinski definition) is 1. The number of anilines is 1. The fourth-order valence-electron chi connectivity index (χ4n) is 3.60. The monoisotopic (exact) mass is 493 g/mol. The van der Waals surface area contributed by atoms with Crippen molar-refractivity contribution in [1.29, 1.82) is 0 Å². The number of nitrogens with one attached hydrogen (secondary N) is 1. The largest absolute Gasteiger partial charge is 0.493 e. The number of ether oxygens (including phenoxy) is 2. The van der Waals surface area contributed by atoms with Gasteiger partial charge in [-0.05, 0) is 43.0 Å². The number of rotatable bonds is 8. The zero-order chi connectivity index (χ0) is 24.2. The van der Waals surface area contributed by atoms with Crippen LogP contribution >= 0.6 is 11.6 Å². The van der Waals surface area contributed by atoms with Gasteiger partial charge >= 0.3 is 12.8 Å². The highest BCUT2D eigenvalue weighted by molar-refractivity contribution is 6.33. The number of hydrogen-bond acceptors (Lipinski definition) is 5. The van der Waals surface area contributed by atoms with Crippen LogP contribution in [0, 0.1) is 0 Å². The number of carbonyl (C=O) groups is 1. The number of amides is 1. The van der Waals surface area contributed by atoms with Gasteiger partial charge in [0.15, 0.2) is 11.5 Å². The lowest BCUT2D eigenvalue weighted by Gasteiger charge is -2.26. The average molecular weight is 494 g/mol. The molecule has 1 saturated heterocycles. The van der Waals surface area contributed by atoms with E-state index in [1.807, 2.05) is 0 Å². The summed E-state index contributed by atoms with van der Waals surface area (Å²) in [6.45, 7) is -2.31. The molecule has 1 aromatic heterocycles. The Labute approximate surface area is 191 Å². The predicted octanol–water partition coefficient (Wildman–Crippen LogP) is 4.69. The van der Waals surface area contributed by atoms with Crippen molar-refractivity contribution in [2.75, 3.05) is 25.1 Å². The van der Waals surface area contributed by atoms with Crippen LogP contribution in [0.15, 0.2) is 30.5 Å². The summed E-state index contributed by atoms with van der Waals surface area (Å²) in [6.07, 6.45) is -2.33. The normalized spacial score (nSPS) is 16.2. The number of carbonyl (C=O) groups excluding carboxylic acids is 1. The van der Waals surface area contributed by atoms with Gasteiger partial charge in [-0.1, -0.05) is 17.7 Å². The van der Waals surface area contributed by atoms with Gasteiger partial charge in [-0.2, -0.15) is 22.0 Å². The molecule has 1 unspecified atom stereocenters. The van der Waals surface area contributed by atoms with Crippen molar-refractivity contribution in [3.8, 4) is 11.5 Å². The number of methoxy groups -OCH3 is 1. The Morgan fingerprint density at radius 3 is 2.70 bits per heavy atom. The van der Waals surface area contributed by atoms with Gasteiger partial charge in [0, 0.05) is 19.3 Å². The van der Waals surface area contributed by atoms with Crippen LogP contribution in [0.2, 0.25) is 5.02 Å². The van der Waals surface area contributed by atoms with Gasteiger partial charge in [0.2, 0.25) is 5.91 Å². The van der Waals surface area contributed by atoms with Crippen molar-refractivity contribution in [2.45, 2.75) is 38.1 Å². The molecule has 1 N–H and O–H groups in total. The van der Waals surface area contributed by atoms with Crippen LogP contribution in [-0.4, -0.2) is 43.7 Å². The van der Waals surface area contributed by atoms with Crippen LogP contribution in [0.1, 0.15) is 24.0 Å². The van der Waals surface area contributed by atoms with Crippen LogP contribution < -0.4 is 19.7 Å². The summed E-state index contributed by atoms with van der Waals surface area (Å²) in [5, 5.41) is 2.61. The zero-order valence-electron chi connectivity index (χ0n) is 17.5. The maximum absolute atomic E-state index is 12.9. The molecule has 0 aliphatic carbocycles. The molecule has 0 bridgehead atoms. The van der Waals surface area contributed by atoms with Crippen molar-refractivity contribution in [3.63, 3.8) is 0 Å². The summed E-state index contributed by atoms with van der Waals surface area (Å²) in [5.41, 5.74) is -0.235. The molecule has 1 aromatic carbocycles. The van der Waals surface area contributed by atoms with Crippen molar-refractivity contribution < 1.29 is 36.2 Å². The van der Waals surface area contributed by atoms with Crippen molar-refractivity contribution in [1.82, 2.24) is 10.3 Å². The summed E-state index contributed by atoms with van der Waals surface area (Å²) < 4.78 is 72.9. The third-order valence-electron chi connectivity index (χ3n) is 5.13. The quantitative estimate of drug-likeness (QED) is 0.541. The molecule has 2 aromatic rings. The van der Waals surface area contributed by atoms with Crippen LogP contribution in [0.25, 0.3) is 0 Å². The van der Waals surface area contributed by atoms with E-state index in [-0.39, 0.29) is 34.8 Å². The summed E-state index contributed by atoms with van der Waals surface area (Å²) in [5.74, 6) is -0.136. The van der Waals surface area contributed by atoms with Gasteiger partial charge in [-0.15, -0.1) is 0 Å². The molecule has 0 spiro atoms. The van der Waals surface area contributed by atoms with Gasteiger partial charge < -0.3 is 19.7 Å². The molecular formula is C21H21ClF5N3O3. The fraction of sp³-hybridized carbons (Fsp3) is 0.429. The highest BCUT2D eigenvalue weighted by atomic mass is 35.5. The molecule has 33 heavy (non-hydrogen) atoms. The van der Waals surface area contributed by atoms with Gasteiger partial charge in [0.1, 0.15) is 11.9 Å². The third kappa shape index (κ3) is 6.16. The molecule has 180 valence electrons. The van der Waals surface area contributed by atoms with Crippen molar-refractivity contribution in [2.24, 2.45) is 0 Å². The molecule has 1 atom stereocenters. The van der Waals surface area contributed by atoms with E-state index in [1.165, 1.54) is 19.2 Å². The molecule has 0 saturated carbocycles. The number of benzene rings is 1. The van der Waals surface area contributed by atoms with E-state index in [9.17, 15) is 26.7 Å².